The molecule has 0 aliphatic heterocycles. The van der Waals surface area contributed by atoms with Gasteiger partial charge in [0.25, 0.3) is 10.0 Å². The standard InChI is InChI=1S/C24H25FN2O3S/c1-17-9-14-23(18(2)15-17)19(3)26-24(28)16-27(21-7-5-4-6-8-21)31(29,30)22-12-10-20(25)11-13-22/h4-15,19H,16H2,1-3H3,(H,26,28). The zero-order valence-corrected chi connectivity index (χ0v) is 18.5. The number of hydrogen-bond acceptors (Lipinski definition) is 3. The predicted molar refractivity (Wildman–Crippen MR) is 120 cm³/mol. The van der Waals surface area contributed by atoms with Crippen LogP contribution in [0.1, 0.15) is 29.7 Å². The zero-order chi connectivity index (χ0) is 22.6. The van der Waals surface area contributed by atoms with Crippen LogP contribution in [0.4, 0.5) is 10.1 Å². The van der Waals surface area contributed by atoms with Gasteiger partial charge in [0, 0.05) is 0 Å². The van der Waals surface area contributed by atoms with Crippen molar-refractivity contribution in [2.75, 3.05) is 10.8 Å². The van der Waals surface area contributed by atoms with E-state index in [0.29, 0.717) is 5.69 Å². The molecule has 31 heavy (non-hydrogen) atoms. The molecule has 0 saturated heterocycles. The second kappa shape index (κ2) is 9.31. The molecule has 3 aromatic rings. The first-order valence-electron chi connectivity index (χ1n) is 9.88. The van der Waals surface area contributed by atoms with Crippen LogP contribution in [0.25, 0.3) is 0 Å². The fraction of sp³-hybridized carbons (Fsp3) is 0.208. The molecule has 1 unspecified atom stereocenters. The lowest BCUT2D eigenvalue weighted by Crippen LogP contribution is -2.41. The summed E-state index contributed by atoms with van der Waals surface area (Å²) in [5, 5.41) is 2.88. The molecule has 0 aromatic heterocycles. The molecule has 3 aromatic carbocycles. The van der Waals surface area contributed by atoms with E-state index in [9.17, 15) is 17.6 Å². The maximum absolute atomic E-state index is 13.3. The van der Waals surface area contributed by atoms with Gasteiger partial charge >= 0.3 is 0 Å². The molecule has 5 nitrogen and oxygen atoms in total. The monoisotopic (exact) mass is 440 g/mol. The van der Waals surface area contributed by atoms with Crippen LogP contribution in [-0.2, 0) is 14.8 Å². The molecule has 7 heteroatoms. The van der Waals surface area contributed by atoms with Gasteiger partial charge in [-0.25, -0.2) is 12.8 Å². The summed E-state index contributed by atoms with van der Waals surface area (Å²) in [4.78, 5) is 12.8. The Morgan fingerprint density at radius 1 is 1.00 bits per heavy atom. The van der Waals surface area contributed by atoms with E-state index in [4.69, 9.17) is 0 Å². The first-order chi connectivity index (χ1) is 14.7. The van der Waals surface area contributed by atoms with Gasteiger partial charge in [-0.15, -0.1) is 0 Å². The SMILES string of the molecule is Cc1ccc(C(C)NC(=O)CN(c2ccccc2)S(=O)(=O)c2ccc(F)cc2)c(C)c1. The van der Waals surface area contributed by atoms with Crippen LogP contribution in [0.5, 0.6) is 0 Å². The Hall–Kier alpha value is -3.19. The lowest BCUT2D eigenvalue weighted by Gasteiger charge is -2.25. The van der Waals surface area contributed by atoms with E-state index in [-0.39, 0.29) is 10.9 Å². The lowest BCUT2D eigenvalue weighted by molar-refractivity contribution is -0.120. The number of nitrogens with zero attached hydrogens (tertiary/aromatic N) is 1. The molecule has 0 aliphatic carbocycles. The number of aryl methyl sites for hydroxylation is 2. The second-order valence-corrected chi connectivity index (χ2v) is 9.31. The highest BCUT2D eigenvalue weighted by Crippen LogP contribution is 2.24. The van der Waals surface area contributed by atoms with Gasteiger partial charge in [0.15, 0.2) is 0 Å². The van der Waals surface area contributed by atoms with E-state index in [0.717, 1.165) is 33.1 Å². The number of rotatable bonds is 7. The molecule has 3 rings (SSSR count). The molecule has 0 heterocycles. The van der Waals surface area contributed by atoms with Crippen molar-refractivity contribution >= 4 is 21.6 Å². The molecule has 0 radical (unpaired) electrons. The Kier molecular flexibility index (Phi) is 6.75. The molecular formula is C24H25FN2O3S. The normalized spacial score (nSPS) is 12.3. The van der Waals surface area contributed by atoms with Crippen LogP contribution >= 0.6 is 0 Å². The van der Waals surface area contributed by atoms with Crippen LogP contribution in [0.2, 0.25) is 0 Å². The summed E-state index contributed by atoms with van der Waals surface area (Å²) >= 11 is 0. The smallest absolute Gasteiger partial charge is 0.264 e. The number of halogens is 1. The number of amides is 1. The van der Waals surface area contributed by atoms with E-state index in [1.54, 1.807) is 30.3 Å². The van der Waals surface area contributed by atoms with Gasteiger partial charge in [-0.2, -0.15) is 0 Å². The van der Waals surface area contributed by atoms with Crippen molar-refractivity contribution in [3.63, 3.8) is 0 Å². The van der Waals surface area contributed by atoms with E-state index in [2.05, 4.69) is 5.32 Å². The van der Waals surface area contributed by atoms with Crippen LogP contribution in [-0.4, -0.2) is 20.9 Å². The number of nitrogens with one attached hydrogen (secondary N) is 1. The van der Waals surface area contributed by atoms with Gasteiger partial charge in [0.1, 0.15) is 12.4 Å². The van der Waals surface area contributed by atoms with Crippen molar-refractivity contribution in [2.45, 2.75) is 31.7 Å². The van der Waals surface area contributed by atoms with Crippen LogP contribution in [0.15, 0.2) is 77.7 Å². The van der Waals surface area contributed by atoms with Gasteiger partial charge in [-0.1, -0.05) is 42.0 Å². The number of hydrogen-bond donors (Lipinski definition) is 1. The number of carbonyl (C=O) groups is 1. The van der Waals surface area contributed by atoms with Gasteiger partial charge in [-0.05, 0) is 68.3 Å². The third kappa shape index (κ3) is 5.30. The Bertz CT molecular complexity index is 1160. The molecule has 1 atom stereocenters. The minimum Gasteiger partial charge on any atom is -0.348 e. The summed E-state index contributed by atoms with van der Waals surface area (Å²) in [5.41, 5.74) is 3.49. The van der Waals surface area contributed by atoms with Crippen molar-refractivity contribution in [2.24, 2.45) is 0 Å². The molecule has 162 valence electrons. The van der Waals surface area contributed by atoms with Crippen molar-refractivity contribution in [1.82, 2.24) is 5.32 Å². The van der Waals surface area contributed by atoms with E-state index < -0.39 is 28.3 Å². The summed E-state index contributed by atoms with van der Waals surface area (Å²) in [5.74, 6) is -0.979. The molecule has 0 saturated carbocycles. The van der Waals surface area contributed by atoms with Gasteiger partial charge in [0.05, 0.1) is 16.6 Å². The maximum Gasteiger partial charge on any atom is 0.264 e. The predicted octanol–water partition coefficient (Wildman–Crippen LogP) is 4.52. The topological polar surface area (TPSA) is 66.5 Å². The maximum atomic E-state index is 13.3. The Labute approximate surface area is 182 Å². The Morgan fingerprint density at radius 2 is 1.65 bits per heavy atom. The summed E-state index contributed by atoms with van der Waals surface area (Å²) in [6.07, 6.45) is 0. The zero-order valence-electron chi connectivity index (χ0n) is 17.7. The Morgan fingerprint density at radius 3 is 2.26 bits per heavy atom. The number of sulfonamides is 1. The lowest BCUT2D eigenvalue weighted by atomic mass is 10.0. The van der Waals surface area contributed by atoms with Gasteiger partial charge in [-0.3, -0.25) is 9.10 Å². The fourth-order valence-corrected chi connectivity index (χ4v) is 4.87. The van der Waals surface area contributed by atoms with Crippen LogP contribution in [0.3, 0.4) is 0 Å². The van der Waals surface area contributed by atoms with Gasteiger partial charge < -0.3 is 5.32 Å². The molecule has 1 N–H and O–H groups in total. The summed E-state index contributed by atoms with van der Waals surface area (Å²) in [6.45, 7) is 5.42. The van der Waals surface area contributed by atoms with E-state index in [1.165, 1.54) is 12.1 Å². The first kappa shape index (κ1) is 22.5. The van der Waals surface area contributed by atoms with Crippen molar-refractivity contribution in [1.29, 1.82) is 0 Å². The van der Waals surface area contributed by atoms with E-state index >= 15 is 0 Å². The highest BCUT2D eigenvalue weighted by Gasteiger charge is 2.27. The minimum atomic E-state index is -4.07. The van der Waals surface area contributed by atoms with E-state index in [1.807, 2.05) is 39.0 Å². The van der Waals surface area contributed by atoms with Crippen LogP contribution in [0, 0.1) is 19.7 Å². The van der Waals surface area contributed by atoms with Crippen molar-refractivity contribution in [3.8, 4) is 0 Å². The molecule has 0 bridgehead atoms. The number of para-hydroxylation sites is 1. The fourth-order valence-electron chi connectivity index (χ4n) is 3.45. The summed E-state index contributed by atoms with van der Waals surface area (Å²) in [6, 6.07) is 18.6. The number of carbonyl (C=O) groups excluding carboxylic acids is 1. The number of benzene rings is 3. The van der Waals surface area contributed by atoms with Gasteiger partial charge in [0.2, 0.25) is 5.91 Å². The van der Waals surface area contributed by atoms with Crippen molar-refractivity contribution < 1.29 is 17.6 Å². The summed E-state index contributed by atoms with van der Waals surface area (Å²) in [7, 11) is -4.07. The van der Waals surface area contributed by atoms with Crippen LogP contribution < -0.4 is 9.62 Å². The largest absolute Gasteiger partial charge is 0.348 e. The highest BCUT2D eigenvalue weighted by atomic mass is 32.2. The molecule has 1 amide bonds. The summed E-state index contributed by atoms with van der Waals surface area (Å²) < 4.78 is 40.8. The molecule has 0 spiro atoms. The molecule has 0 aliphatic rings. The third-order valence-electron chi connectivity index (χ3n) is 5.00. The highest BCUT2D eigenvalue weighted by molar-refractivity contribution is 7.92. The number of anilines is 1. The third-order valence-corrected chi connectivity index (χ3v) is 6.79. The average Bonchev–Trinajstić information content (AvgIpc) is 2.72. The average molecular weight is 441 g/mol. The Balaban J connectivity index is 1.87. The first-order valence-corrected chi connectivity index (χ1v) is 11.3. The minimum absolute atomic E-state index is 0.0898. The van der Waals surface area contributed by atoms with Crippen molar-refractivity contribution in [3.05, 3.63) is 95.3 Å². The quantitative estimate of drug-likeness (QED) is 0.588. The second-order valence-electron chi connectivity index (χ2n) is 7.45. The molecular weight excluding hydrogens is 415 g/mol. The molecule has 0 fully saturated rings.